The van der Waals surface area contributed by atoms with Crippen molar-refractivity contribution < 1.29 is 0 Å². The normalized spacial score (nSPS) is 21.7. The highest BCUT2D eigenvalue weighted by Crippen LogP contribution is 2.18. The van der Waals surface area contributed by atoms with Gasteiger partial charge in [0.1, 0.15) is 0 Å². The van der Waals surface area contributed by atoms with Crippen LogP contribution in [0.5, 0.6) is 0 Å². The molecule has 1 saturated heterocycles. The van der Waals surface area contributed by atoms with E-state index in [9.17, 15) is 0 Å². The molecule has 2 unspecified atom stereocenters. The minimum absolute atomic E-state index is 0.500. The summed E-state index contributed by atoms with van der Waals surface area (Å²) in [5, 5.41) is 11.6. The first kappa shape index (κ1) is 12.4. The van der Waals surface area contributed by atoms with Crippen LogP contribution >= 0.6 is 0 Å². The molecule has 17 heavy (non-hydrogen) atoms. The quantitative estimate of drug-likeness (QED) is 0.821. The molecule has 1 fully saturated rings. The Morgan fingerprint density at radius 3 is 3.12 bits per heavy atom. The zero-order chi connectivity index (χ0) is 12.3. The maximum atomic E-state index is 4.45. The summed E-state index contributed by atoms with van der Waals surface area (Å²) in [4.78, 5) is 0. The molecule has 1 aromatic rings. The maximum Gasteiger partial charge on any atom is 0.0853 e. The second-order valence-corrected chi connectivity index (χ2v) is 5.09. The average Bonchev–Trinajstić information content (AvgIpc) is 2.88. The maximum absolute atomic E-state index is 4.45. The predicted octanol–water partition coefficient (Wildman–Crippen LogP) is 1.92. The van der Waals surface area contributed by atoms with Crippen molar-refractivity contribution in [2.45, 2.75) is 51.6 Å². The molecule has 2 atom stereocenters. The van der Waals surface area contributed by atoms with E-state index in [1.54, 1.807) is 0 Å². The Kier molecular flexibility index (Phi) is 4.05. The Balaban J connectivity index is 1.90. The van der Waals surface area contributed by atoms with Crippen LogP contribution in [0.3, 0.4) is 0 Å². The molecule has 1 aromatic heterocycles. The van der Waals surface area contributed by atoms with Gasteiger partial charge in [-0.3, -0.25) is 4.68 Å². The van der Waals surface area contributed by atoms with Gasteiger partial charge in [0.2, 0.25) is 0 Å². The summed E-state index contributed by atoms with van der Waals surface area (Å²) < 4.78 is 1.89. The lowest BCUT2D eigenvalue weighted by atomic mass is 10.1. The summed E-state index contributed by atoms with van der Waals surface area (Å²) in [5.41, 5.74) is 2.36. The smallest absolute Gasteiger partial charge is 0.0853 e. The van der Waals surface area contributed by atoms with E-state index >= 15 is 0 Å². The highest BCUT2D eigenvalue weighted by atomic mass is 15.3. The highest BCUT2D eigenvalue weighted by Gasteiger charge is 2.17. The van der Waals surface area contributed by atoms with E-state index in [1.807, 2.05) is 11.7 Å². The largest absolute Gasteiger partial charge is 0.380 e. The summed E-state index contributed by atoms with van der Waals surface area (Å²) in [6, 6.07) is 1.19. The molecule has 0 amide bonds. The van der Waals surface area contributed by atoms with Gasteiger partial charge in [0.25, 0.3) is 0 Å². The van der Waals surface area contributed by atoms with Crippen molar-refractivity contribution in [2.75, 3.05) is 11.9 Å². The minimum atomic E-state index is 0.500. The number of anilines is 1. The fraction of sp³-hybridized carbons (Fsp3) is 0.769. The predicted molar refractivity (Wildman–Crippen MR) is 71.3 cm³/mol. The molecule has 1 aliphatic rings. The van der Waals surface area contributed by atoms with Crippen molar-refractivity contribution in [1.82, 2.24) is 15.1 Å². The topological polar surface area (TPSA) is 41.9 Å². The van der Waals surface area contributed by atoms with E-state index in [0.717, 1.165) is 6.42 Å². The van der Waals surface area contributed by atoms with Gasteiger partial charge in [-0.25, -0.2) is 0 Å². The number of aryl methyl sites for hydroxylation is 2. The molecule has 0 saturated carbocycles. The summed E-state index contributed by atoms with van der Waals surface area (Å²) in [6.45, 7) is 5.59. The van der Waals surface area contributed by atoms with Gasteiger partial charge in [0.15, 0.2) is 0 Å². The van der Waals surface area contributed by atoms with Crippen molar-refractivity contribution in [2.24, 2.45) is 7.05 Å². The van der Waals surface area contributed by atoms with Crippen molar-refractivity contribution in [3.8, 4) is 0 Å². The first-order valence-corrected chi connectivity index (χ1v) is 6.71. The molecule has 96 valence electrons. The SMILES string of the molecule is CCc1nn(C)cc1NC(C)CC1CCCN1. The highest BCUT2D eigenvalue weighted by molar-refractivity contribution is 5.47. The molecule has 0 aliphatic carbocycles. The Labute approximate surface area is 104 Å². The Morgan fingerprint density at radius 2 is 2.47 bits per heavy atom. The second-order valence-electron chi connectivity index (χ2n) is 5.09. The number of nitrogens with zero attached hydrogens (tertiary/aromatic N) is 2. The molecule has 4 heteroatoms. The van der Waals surface area contributed by atoms with Crippen LogP contribution in [0, 0.1) is 0 Å². The van der Waals surface area contributed by atoms with Gasteiger partial charge < -0.3 is 10.6 Å². The number of rotatable bonds is 5. The molecular formula is C13H24N4. The van der Waals surface area contributed by atoms with E-state index in [1.165, 1.54) is 37.2 Å². The monoisotopic (exact) mass is 236 g/mol. The van der Waals surface area contributed by atoms with Crippen molar-refractivity contribution in [1.29, 1.82) is 0 Å². The summed E-state index contributed by atoms with van der Waals surface area (Å²) in [5.74, 6) is 0. The lowest BCUT2D eigenvalue weighted by molar-refractivity contribution is 0.523. The van der Waals surface area contributed by atoms with Crippen molar-refractivity contribution in [3.05, 3.63) is 11.9 Å². The third-order valence-electron chi connectivity index (χ3n) is 3.44. The first-order chi connectivity index (χ1) is 8.19. The zero-order valence-corrected chi connectivity index (χ0v) is 11.2. The second kappa shape index (κ2) is 5.54. The number of hydrogen-bond donors (Lipinski definition) is 2. The van der Waals surface area contributed by atoms with Gasteiger partial charge in [0.05, 0.1) is 11.4 Å². The van der Waals surface area contributed by atoms with Gasteiger partial charge in [-0.2, -0.15) is 5.10 Å². The fourth-order valence-electron chi connectivity index (χ4n) is 2.63. The molecule has 2 rings (SSSR count). The molecule has 0 spiro atoms. The van der Waals surface area contributed by atoms with Crippen LogP contribution in [0.15, 0.2) is 6.20 Å². The standard InChI is InChI=1S/C13H24N4/c1-4-12-13(9-17(3)16-12)15-10(2)8-11-6-5-7-14-11/h9-11,14-15H,4-8H2,1-3H3. The molecule has 2 heterocycles. The molecule has 0 radical (unpaired) electrons. The van der Waals surface area contributed by atoms with Crippen LogP contribution < -0.4 is 10.6 Å². The molecule has 0 aromatic carbocycles. The first-order valence-electron chi connectivity index (χ1n) is 6.71. The van der Waals surface area contributed by atoms with Crippen LogP contribution in [-0.2, 0) is 13.5 Å². The molecule has 0 bridgehead atoms. The Morgan fingerprint density at radius 1 is 1.65 bits per heavy atom. The lowest BCUT2D eigenvalue weighted by Gasteiger charge is -2.19. The van der Waals surface area contributed by atoms with E-state index in [2.05, 4.69) is 35.8 Å². The fourth-order valence-corrected chi connectivity index (χ4v) is 2.63. The Bertz CT molecular complexity index is 352. The number of aromatic nitrogens is 2. The molecule has 2 N–H and O–H groups in total. The Hall–Kier alpha value is -1.03. The summed E-state index contributed by atoms with van der Waals surface area (Å²) in [7, 11) is 1.98. The van der Waals surface area contributed by atoms with Gasteiger partial charge >= 0.3 is 0 Å². The lowest BCUT2D eigenvalue weighted by Crippen LogP contribution is -2.29. The van der Waals surface area contributed by atoms with Crippen LogP contribution in [-0.4, -0.2) is 28.4 Å². The summed E-state index contributed by atoms with van der Waals surface area (Å²) >= 11 is 0. The zero-order valence-electron chi connectivity index (χ0n) is 11.2. The van der Waals surface area contributed by atoms with Gasteiger partial charge in [0, 0.05) is 25.3 Å². The van der Waals surface area contributed by atoms with Gasteiger partial charge in [-0.1, -0.05) is 6.92 Å². The average molecular weight is 236 g/mol. The third kappa shape index (κ3) is 3.22. The van der Waals surface area contributed by atoms with Crippen molar-refractivity contribution in [3.63, 3.8) is 0 Å². The van der Waals surface area contributed by atoms with E-state index in [0.29, 0.717) is 12.1 Å². The van der Waals surface area contributed by atoms with Gasteiger partial charge in [-0.05, 0) is 39.2 Å². The molecule has 4 nitrogen and oxygen atoms in total. The van der Waals surface area contributed by atoms with Crippen molar-refractivity contribution >= 4 is 5.69 Å². The minimum Gasteiger partial charge on any atom is -0.380 e. The van der Waals surface area contributed by atoms with Crippen LogP contribution in [0.25, 0.3) is 0 Å². The molecular weight excluding hydrogens is 212 g/mol. The van der Waals surface area contributed by atoms with E-state index < -0.39 is 0 Å². The van der Waals surface area contributed by atoms with Crippen LogP contribution in [0.2, 0.25) is 0 Å². The number of nitrogens with one attached hydrogen (secondary N) is 2. The van der Waals surface area contributed by atoms with E-state index in [4.69, 9.17) is 0 Å². The third-order valence-corrected chi connectivity index (χ3v) is 3.44. The van der Waals surface area contributed by atoms with Gasteiger partial charge in [-0.15, -0.1) is 0 Å². The van der Waals surface area contributed by atoms with Crippen LogP contribution in [0.1, 0.15) is 38.8 Å². The van der Waals surface area contributed by atoms with E-state index in [-0.39, 0.29) is 0 Å². The summed E-state index contributed by atoms with van der Waals surface area (Å²) in [6.07, 6.45) is 6.90. The van der Waals surface area contributed by atoms with Crippen LogP contribution in [0.4, 0.5) is 5.69 Å². The molecule has 1 aliphatic heterocycles. The number of hydrogen-bond acceptors (Lipinski definition) is 3.